The van der Waals surface area contributed by atoms with E-state index in [4.69, 9.17) is 37.0 Å². The zero-order valence-corrected chi connectivity index (χ0v) is 63.3. The summed E-state index contributed by atoms with van der Waals surface area (Å²) < 4.78 is 68.2. The number of ether oxygens (including phenoxy) is 4. The predicted octanol–water partition coefficient (Wildman–Crippen LogP) is 21.4. The average Bonchev–Trinajstić information content (AvgIpc) is 1.01. The molecule has 5 atom stereocenters. The molecule has 0 aliphatic heterocycles. The van der Waals surface area contributed by atoms with Crippen LogP contribution in [0.2, 0.25) is 0 Å². The number of unbranched alkanes of at least 4 members (excludes halogenated alkanes) is 15. The number of hydrogen-bond acceptors (Lipinski definition) is 15. The van der Waals surface area contributed by atoms with Crippen LogP contribution in [0.5, 0.6) is 0 Å². The highest BCUT2D eigenvalue weighted by atomic mass is 31.2. The first-order valence-corrected chi connectivity index (χ1v) is 40.4. The zero-order chi connectivity index (χ0) is 73.2. The van der Waals surface area contributed by atoms with Crippen LogP contribution in [0, 0.1) is 0 Å². The van der Waals surface area contributed by atoms with Gasteiger partial charge in [0.1, 0.15) is 19.3 Å². The van der Waals surface area contributed by atoms with Crippen molar-refractivity contribution in [2.75, 3.05) is 39.6 Å². The summed E-state index contributed by atoms with van der Waals surface area (Å²) in [7, 11) is -10.0. The first-order chi connectivity index (χ1) is 48.7. The Kier molecular flexibility index (Phi) is 67.8. The fourth-order valence-electron chi connectivity index (χ4n) is 9.09. The Morgan fingerprint density at radius 1 is 0.300 bits per heavy atom. The molecule has 0 aliphatic carbocycles. The van der Waals surface area contributed by atoms with Crippen molar-refractivity contribution in [1.29, 1.82) is 0 Å². The lowest BCUT2D eigenvalue weighted by Gasteiger charge is -2.21. The first-order valence-electron chi connectivity index (χ1n) is 37.4. The summed E-state index contributed by atoms with van der Waals surface area (Å²) >= 11 is 0. The lowest BCUT2D eigenvalue weighted by atomic mass is 10.1. The molecule has 0 amide bonds. The van der Waals surface area contributed by atoms with Gasteiger partial charge in [-0.15, -0.1) is 0 Å². The van der Waals surface area contributed by atoms with E-state index in [0.29, 0.717) is 32.1 Å². The largest absolute Gasteiger partial charge is 0.472 e. The number of carbonyl (C=O) groups excluding carboxylic acids is 4. The van der Waals surface area contributed by atoms with Crippen LogP contribution in [0.4, 0.5) is 0 Å². The maximum atomic E-state index is 13.1. The van der Waals surface area contributed by atoms with Crippen molar-refractivity contribution >= 4 is 39.5 Å². The summed E-state index contributed by atoms with van der Waals surface area (Å²) in [6, 6.07) is 0. The van der Waals surface area contributed by atoms with E-state index in [-0.39, 0.29) is 25.7 Å². The van der Waals surface area contributed by atoms with Crippen molar-refractivity contribution in [3.05, 3.63) is 170 Å². The quantitative estimate of drug-likeness (QED) is 0.0169. The second-order valence-corrected chi connectivity index (χ2v) is 27.0. The molecule has 0 heterocycles. The van der Waals surface area contributed by atoms with E-state index in [2.05, 4.69) is 167 Å². The minimum atomic E-state index is -5.01. The Hall–Kier alpha value is -5.58. The van der Waals surface area contributed by atoms with Crippen molar-refractivity contribution < 1.29 is 80.2 Å². The monoisotopic (exact) mass is 1440 g/mol. The molecule has 0 saturated carbocycles. The lowest BCUT2D eigenvalue weighted by Crippen LogP contribution is -2.30. The number of rotatable bonds is 68. The summed E-state index contributed by atoms with van der Waals surface area (Å²) in [5.74, 6) is -2.45. The van der Waals surface area contributed by atoms with Crippen LogP contribution in [-0.4, -0.2) is 96.7 Å². The van der Waals surface area contributed by atoms with Crippen LogP contribution in [0.1, 0.15) is 259 Å². The van der Waals surface area contributed by atoms with Gasteiger partial charge in [0.2, 0.25) is 0 Å². The summed E-state index contributed by atoms with van der Waals surface area (Å²) in [6.07, 6.45) is 83.9. The number of esters is 4. The number of hydrogen-bond donors (Lipinski definition) is 3. The second kappa shape index (κ2) is 71.8. The number of carbonyl (C=O) groups is 4. The minimum absolute atomic E-state index is 0.0158. The van der Waals surface area contributed by atoms with Crippen molar-refractivity contribution in [2.45, 2.75) is 277 Å². The van der Waals surface area contributed by atoms with E-state index >= 15 is 0 Å². The maximum Gasteiger partial charge on any atom is 0.472 e. The van der Waals surface area contributed by atoms with E-state index in [1.54, 1.807) is 6.08 Å². The van der Waals surface area contributed by atoms with E-state index in [9.17, 15) is 43.2 Å². The molecule has 0 fully saturated rings. The zero-order valence-electron chi connectivity index (χ0n) is 61.5. The van der Waals surface area contributed by atoms with Gasteiger partial charge in [-0.3, -0.25) is 37.3 Å². The topological polar surface area (TPSA) is 237 Å². The molecule has 0 saturated heterocycles. The average molecular weight is 1440 g/mol. The molecule has 0 spiro atoms. The Morgan fingerprint density at radius 2 is 0.560 bits per heavy atom. The molecule has 0 aromatic rings. The number of aliphatic hydroxyl groups excluding tert-OH is 1. The van der Waals surface area contributed by atoms with Crippen molar-refractivity contribution in [1.82, 2.24) is 0 Å². The van der Waals surface area contributed by atoms with Gasteiger partial charge in [0, 0.05) is 19.3 Å². The van der Waals surface area contributed by atoms with E-state index < -0.39 is 97.5 Å². The van der Waals surface area contributed by atoms with Gasteiger partial charge in [-0.1, -0.05) is 249 Å². The molecule has 0 aliphatic rings. The first kappa shape index (κ1) is 94.4. The molecule has 3 N–H and O–H groups in total. The predicted molar refractivity (Wildman–Crippen MR) is 408 cm³/mol. The molecule has 0 aromatic heterocycles. The van der Waals surface area contributed by atoms with Crippen LogP contribution in [0.25, 0.3) is 0 Å². The second-order valence-electron chi connectivity index (χ2n) is 24.1. The highest BCUT2D eigenvalue weighted by Gasteiger charge is 2.30. The Balaban J connectivity index is 5.52. The highest BCUT2D eigenvalue weighted by Crippen LogP contribution is 2.45. The van der Waals surface area contributed by atoms with Gasteiger partial charge in [-0.2, -0.15) is 0 Å². The van der Waals surface area contributed by atoms with Gasteiger partial charge >= 0.3 is 39.5 Å². The fraction of sp³-hybridized carbons (Fsp3) is 0.605. The van der Waals surface area contributed by atoms with E-state index in [1.807, 2.05) is 24.3 Å². The minimum Gasteiger partial charge on any atom is -0.462 e. The molecular weight excluding hydrogens is 1310 g/mol. The third-order valence-electron chi connectivity index (χ3n) is 14.7. The van der Waals surface area contributed by atoms with Crippen LogP contribution < -0.4 is 0 Å². The molecule has 17 nitrogen and oxygen atoms in total. The molecule has 0 rings (SSSR count). The van der Waals surface area contributed by atoms with Crippen molar-refractivity contribution in [3.63, 3.8) is 0 Å². The molecule has 5 unspecified atom stereocenters. The van der Waals surface area contributed by atoms with E-state index in [0.717, 1.165) is 135 Å². The molecule has 100 heavy (non-hydrogen) atoms. The number of aliphatic hydroxyl groups is 1. The number of phosphoric acid groups is 2. The smallest absolute Gasteiger partial charge is 0.462 e. The summed E-state index contributed by atoms with van der Waals surface area (Å²) in [4.78, 5) is 72.7. The molecule has 0 aromatic carbocycles. The molecule has 566 valence electrons. The van der Waals surface area contributed by atoms with Crippen molar-refractivity contribution in [2.24, 2.45) is 0 Å². The van der Waals surface area contributed by atoms with Gasteiger partial charge in [-0.25, -0.2) is 9.13 Å². The van der Waals surface area contributed by atoms with Crippen LogP contribution in [-0.2, 0) is 65.4 Å². The van der Waals surface area contributed by atoms with Gasteiger partial charge in [0.05, 0.1) is 32.8 Å². The molecule has 0 radical (unpaired) electrons. The fourth-order valence-corrected chi connectivity index (χ4v) is 10.7. The van der Waals surface area contributed by atoms with Gasteiger partial charge in [0.15, 0.2) is 12.2 Å². The standard InChI is InChI=1S/C81H130O17P2/c1-5-9-13-17-21-25-29-33-37-41-45-49-53-57-61-65-78(83)91-71-76(97-80(85)67-63-59-55-51-47-43-39-35-31-27-23-19-15-11-7-3)73-95-99(87,88)93-69-75(82)70-94-100(89,90)96-74-77(98-81(86)68-64-60-56-52-48-44-40-36-32-28-24-20-16-12-8-4)72-92-79(84)66-62-58-54-50-46-42-38-34-30-26-22-18-14-10-6-2/h9-11,13-15,21-23,25-27,33-40,45-47,49-51,57,61,75-77,82H,5-8,12,16-20,24,28-32,41-44,48,52-56,58-60,62-74H2,1-4H3,(H,87,88)(H,89,90)/b13-9-,14-10-,15-11-,25-21-,26-22-,27-23-,37-33-,38-34-,39-35-,40-36-,49-45-,50-46-,51-47-,61-57-. The summed E-state index contributed by atoms with van der Waals surface area (Å²) in [5.41, 5.74) is 0. The molecule has 0 bridgehead atoms. The third-order valence-corrected chi connectivity index (χ3v) is 16.6. The normalized spacial score (nSPS) is 14.9. The van der Waals surface area contributed by atoms with E-state index in [1.165, 1.54) is 38.5 Å². The highest BCUT2D eigenvalue weighted by molar-refractivity contribution is 7.47. The van der Waals surface area contributed by atoms with Crippen LogP contribution in [0.15, 0.2) is 170 Å². The van der Waals surface area contributed by atoms with Crippen LogP contribution in [0.3, 0.4) is 0 Å². The Bertz CT molecular complexity index is 2570. The lowest BCUT2D eigenvalue weighted by molar-refractivity contribution is -0.161. The third kappa shape index (κ3) is 70.8. The SMILES string of the molecule is CC/C=C\C/C=C\C/C=C\C/C=C\C/C=C\CC(=O)OCC(COP(=O)(O)OCC(O)COP(=O)(O)OCC(COC(=O)CCCC/C=C\C/C=C\C/C=C\C/C=C\CC)OC(=O)CCCCCCC/C=C\CCCCCCCC)OC(=O)CCCC/C=C\C/C=C\C/C=C\C/C=C\CC. The Morgan fingerprint density at radius 3 is 0.920 bits per heavy atom. The van der Waals surface area contributed by atoms with Gasteiger partial charge in [0.25, 0.3) is 0 Å². The summed E-state index contributed by atoms with van der Waals surface area (Å²) in [6.45, 7) is 4.26. The Labute approximate surface area is 603 Å². The molecular formula is C81H130O17P2. The maximum absolute atomic E-state index is 13.1. The molecule has 19 heteroatoms. The van der Waals surface area contributed by atoms with Gasteiger partial charge < -0.3 is 33.8 Å². The van der Waals surface area contributed by atoms with Crippen molar-refractivity contribution in [3.8, 4) is 0 Å². The number of phosphoric ester groups is 2. The summed E-state index contributed by atoms with van der Waals surface area (Å²) in [5, 5.41) is 10.6. The van der Waals surface area contributed by atoms with Gasteiger partial charge in [-0.05, 0) is 154 Å². The van der Waals surface area contributed by atoms with Crippen LogP contribution >= 0.6 is 15.6 Å². The number of allylic oxidation sites excluding steroid dienone is 27.